The molecule has 2 atom stereocenters. The SMILES string of the molecule is CCC(NC(C)C(=O)OC)c1ccc(F)cc1. The first kappa shape index (κ1) is 13.6. The molecule has 0 heterocycles. The van der Waals surface area contributed by atoms with Crippen LogP contribution in [0.4, 0.5) is 4.39 Å². The average molecular weight is 239 g/mol. The predicted molar refractivity (Wildman–Crippen MR) is 64.0 cm³/mol. The standard InChI is InChI=1S/C13H18FNO2/c1-4-12(15-9(2)13(16)17-3)10-5-7-11(14)8-6-10/h5-9,12,15H,4H2,1-3H3. The third-order valence-electron chi connectivity index (χ3n) is 2.69. The number of halogens is 1. The molecule has 4 heteroatoms. The molecule has 3 nitrogen and oxygen atoms in total. The van der Waals surface area contributed by atoms with Crippen LogP contribution in [-0.4, -0.2) is 19.1 Å². The van der Waals surface area contributed by atoms with Crippen molar-refractivity contribution < 1.29 is 13.9 Å². The molecule has 0 spiro atoms. The monoisotopic (exact) mass is 239 g/mol. The summed E-state index contributed by atoms with van der Waals surface area (Å²) in [4.78, 5) is 11.3. The summed E-state index contributed by atoms with van der Waals surface area (Å²) in [5, 5.41) is 3.16. The van der Waals surface area contributed by atoms with E-state index < -0.39 is 0 Å². The highest BCUT2D eigenvalue weighted by Gasteiger charge is 2.18. The summed E-state index contributed by atoms with van der Waals surface area (Å²) in [5.74, 6) is -0.560. The third-order valence-corrected chi connectivity index (χ3v) is 2.69. The van der Waals surface area contributed by atoms with Crippen molar-refractivity contribution in [1.82, 2.24) is 5.32 Å². The molecule has 1 aromatic rings. The minimum Gasteiger partial charge on any atom is -0.468 e. The molecule has 0 aliphatic heterocycles. The van der Waals surface area contributed by atoms with Crippen molar-refractivity contribution in [3.05, 3.63) is 35.6 Å². The zero-order valence-electron chi connectivity index (χ0n) is 10.4. The molecule has 0 aliphatic rings. The minimum atomic E-state index is -0.380. The van der Waals surface area contributed by atoms with Crippen molar-refractivity contribution in [2.75, 3.05) is 7.11 Å². The largest absolute Gasteiger partial charge is 0.468 e. The number of carbonyl (C=O) groups excluding carboxylic acids is 1. The van der Waals surface area contributed by atoms with E-state index >= 15 is 0 Å². The lowest BCUT2D eigenvalue weighted by atomic mass is 10.0. The lowest BCUT2D eigenvalue weighted by molar-refractivity contribution is -0.142. The van der Waals surface area contributed by atoms with E-state index in [1.54, 1.807) is 19.1 Å². The van der Waals surface area contributed by atoms with E-state index in [-0.39, 0.29) is 23.9 Å². The number of hydrogen-bond acceptors (Lipinski definition) is 3. The Morgan fingerprint density at radius 2 is 2.00 bits per heavy atom. The molecule has 2 unspecified atom stereocenters. The quantitative estimate of drug-likeness (QED) is 0.802. The molecular formula is C13H18FNO2. The highest BCUT2D eigenvalue weighted by molar-refractivity contribution is 5.75. The Bertz CT molecular complexity index is 364. The van der Waals surface area contributed by atoms with Crippen LogP contribution in [0.3, 0.4) is 0 Å². The van der Waals surface area contributed by atoms with Crippen LogP contribution in [0.25, 0.3) is 0 Å². The Labute approximate surface area is 101 Å². The maximum Gasteiger partial charge on any atom is 0.322 e. The molecule has 0 saturated heterocycles. The Morgan fingerprint density at radius 1 is 1.41 bits per heavy atom. The Hall–Kier alpha value is -1.42. The summed E-state index contributed by atoms with van der Waals surface area (Å²) in [6.45, 7) is 3.75. The number of nitrogens with one attached hydrogen (secondary N) is 1. The molecular weight excluding hydrogens is 221 g/mol. The molecule has 0 saturated carbocycles. The van der Waals surface area contributed by atoms with E-state index in [0.29, 0.717) is 0 Å². The van der Waals surface area contributed by atoms with Crippen molar-refractivity contribution in [3.8, 4) is 0 Å². The van der Waals surface area contributed by atoms with Crippen LogP contribution in [0.2, 0.25) is 0 Å². The van der Waals surface area contributed by atoms with E-state index in [1.807, 2.05) is 6.92 Å². The lowest BCUT2D eigenvalue weighted by Crippen LogP contribution is -2.37. The van der Waals surface area contributed by atoms with Crippen molar-refractivity contribution in [2.45, 2.75) is 32.4 Å². The Balaban J connectivity index is 2.71. The molecule has 0 aliphatic carbocycles. The summed E-state index contributed by atoms with van der Waals surface area (Å²) in [5.41, 5.74) is 0.963. The summed E-state index contributed by atoms with van der Waals surface area (Å²) >= 11 is 0. The van der Waals surface area contributed by atoms with Gasteiger partial charge in [0.2, 0.25) is 0 Å². The fourth-order valence-electron chi connectivity index (χ4n) is 1.69. The molecule has 0 radical (unpaired) electrons. The second-order valence-electron chi connectivity index (χ2n) is 3.92. The van der Waals surface area contributed by atoms with Crippen LogP contribution < -0.4 is 5.32 Å². The topological polar surface area (TPSA) is 38.3 Å². The fourth-order valence-corrected chi connectivity index (χ4v) is 1.69. The first-order chi connectivity index (χ1) is 8.08. The van der Waals surface area contributed by atoms with Gasteiger partial charge >= 0.3 is 5.97 Å². The Morgan fingerprint density at radius 3 is 2.47 bits per heavy atom. The van der Waals surface area contributed by atoms with Gasteiger partial charge < -0.3 is 4.74 Å². The summed E-state index contributed by atoms with van der Waals surface area (Å²) in [6, 6.07) is 5.92. The highest BCUT2D eigenvalue weighted by Crippen LogP contribution is 2.17. The van der Waals surface area contributed by atoms with Crippen molar-refractivity contribution >= 4 is 5.97 Å². The van der Waals surface area contributed by atoms with E-state index in [2.05, 4.69) is 10.1 Å². The van der Waals surface area contributed by atoms with E-state index in [4.69, 9.17) is 0 Å². The molecule has 17 heavy (non-hydrogen) atoms. The fraction of sp³-hybridized carbons (Fsp3) is 0.462. The molecule has 0 fully saturated rings. The predicted octanol–water partition coefficient (Wildman–Crippen LogP) is 2.43. The number of esters is 1. The van der Waals surface area contributed by atoms with Gasteiger partial charge in [0.25, 0.3) is 0 Å². The number of benzene rings is 1. The van der Waals surface area contributed by atoms with E-state index in [9.17, 15) is 9.18 Å². The average Bonchev–Trinajstić information content (AvgIpc) is 2.35. The normalized spacial score (nSPS) is 14.1. The van der Waals surface area contributed by atoms with E-state index in [1.165, 1.54) is 19.2 Å². The first-order valence-electron chi connectivity index (χ1n) is 5.67. The minimum absolute atomic E-state index is 0.0182. The van der Waals surface area contributed by atoms with Gasteiger partial charge in [-0.05, 0) is 31.0 Å². The zero-order chi connectivity index (χ0) is 12.8. The van der Waals surface area contributed by atoms with Gasteiger partial charge in [0.15, 0.2) is 0 Å². The summed E-state index contributed by atoms with van der Waals surface area (Å²) < 4.78 is 17.5. The van der Waals surface area contributed by atoms with Crippen LogP contribution in [0, 0.1) is 5.82 Å². The molecule has 0 bridgehead atoms. The van der Waals surface area contributed by atoms with Gasteiger partial charge in [-0.3, -0.25) is 10.1 Å². The number of carbonyl (C=O) groups is 1. The van der Waals surface area contributed by atoms with Gasteiger partial charge in [0.1, 0.15) is 11.9 Å². The van der Waals surface area contributed by atoms with Gasteiger partial charge in [-0.15, -0.1) is 0 Å². The maximum atomic E-state index is 12.8. The van der Waals surface area contributed by atoms with Crippen molar-refractivity contribution in [2.24, 2.45) is 0 Å². The van der Waals surface area contributed by atoms with Crippen LogP contribution in [0.15, 0.2) is 24.3 Å². The van der Waals surface area contributed by atoms with Crippen LogP contribution in [0.1, 0.15) is 31.9 Å². The lowest BCUT2D eigenvalue weighted by Gasteiger charge is -2.21. The van der Waals surface area contributed by atoms with Gasteiger partial charge in [-0.25, -0.2) is 4.39 Å². The molecule has 94 valence electrons. The molecule has 0 aromatic heterocycles. The molecule has 1 N–H and O–H groups in total. The number of methoxy groups -OCH3 is 1. The van der Waals surface area contributed by atoms with E-state index in [0.717, 1.165) is 12.0 Å². The first-order valence-corrected chi connectivity index (χ1v) is 5.67. The highest BCUT2D eigenvalue weighted by atomic mass is 19.1. The zero-order valence-corrected chi connectivity index (χ0v) is 10.4. The van der Waals surface area contributed by atoms with Crippen LogP contribution >= 0.6 is 0 Å². The van der Waals surface area contributed by atoms with Crippen molar-refractivity contribution in [3.63, 3.8) is 0 Å². The summed E-state index contributed by atoms with van der Waals surface area (Å²) in [7, 11) is 1.36. The number of rotatable bonds is 5. The van der Waals surface area contributed by atoms with Gasteiger partial charge in [0.05, 0.1) is 7.11 Å². The van der Waals surface area contributed by atoms with Crippen LogP contribution in [0.5, 0.6) is 0 Å². The second-order valence-corrected chi connectivity index (χ2v) is 3.92. The smallest absolute Gasteiger partial charge is 0.322 e. The number of ether oxygens (including phenoxy) is 1. The van der Waals surface area contributed by atoms with Crippen molar-refractivity contribution in [1.29, 1.82) is 0 Å². The molecule has 1 rings (SSSR count). The Kier molecular flexibility index (Phi) is 5.10. The van der Waals surface area contributed by atoms with Gasteiger partial charge in [-0.1, -0.05) is 19.1 Å². The third kappa shape index (κ3) is 3.82. The summed E-state index contributed by atoms with van der Waals surface area (Å²) in [6.07, 6.45) is 0.812. The van der Waals surface area contributed by atoms with Gasteiger partial charge in [0, 0.05) is 6.04 Å². The number of hydrogen-bond donors (Lipinski definition) is 1. The maximum absolute atomic E-state index is 12.8. The molecule has 0 amide bonds. The second kappa shape index (κ2) is 6.35. The molecule has 1 aromatic carbocycles. The van der Waals surface area contributed by atoms with Gasteiger partial charge in [-0.2, -0.15) is 0 Å². The van der Waals surface area contributed by atoms with Crippen LogP contribution in [-0.2, 0) is 9.53 Å².